The largest absolute Gasteiger partial charge is 0.497 e. The number of carbonyl (C=O) groups is 1. The third-order valence-electron chi connectivity index (χ3n) is 8.09. The van der Waals surface area contributed by atoms with Gasteiger partial charge in [0, 0.05) is 6.54 Å². The average molecular weight is 488 g/mol. The zero-order valence-electron chi connectivity index (χ0n) is 21.1. The maximum absolute atomic E-state index is 13.3. The van der Waals surface area contributed by atoms with E-state index in [1.54, 1.807) is 21.0 Å². The molecule has 1 fully saturated rings. The van der Waals surface area contributed by atoms with Crippen LogP contribution in [0.4, 0.5) is 0 Å². The standard InChI is InChI=1S/C27H37NO7/c1-25(2,30)8-5-9-26(3,31)24(29)35-23-21(32-4)15-27-10-6-11-28(27)12-7-17-13-19-20(34-16-33-19)14-18(17)22(23)27/h13-15,22-23,30-31H,5-12,16H2,1-4H3/t22-,23?,26+,27?/m1/s1. The minimum atomic E-state index is -1.67. The molecular formula is C27H37NO7. The van der Waals surface area contributed by atoms with Gasteiger partial charge in [0.2, 0.25) is 6.79 Å². The van der Waals surface area contributed by atoms with Gasteiger partial charge in [-0.05, 0) is 95.2 Å². The molecule has 1 saturated heterocycles. The topological polar surface area (TPSA) is 97.7 Å². The summed E-state index contributed by atoms with van der Waals surface area (Å²) in [7, 11) is 1.61. The van der Waals surface area contributed by atoms with Gasteiger partial charge in [-0.15, -0.1) is 0 Å². The van der Waals surface area contributed by atoms with Crippen LogP contribution in [0.1, 0.15) is 69.9 Å². The van der Waals surface area contributed by atoms with Crippen molar-refractivity contribution in [2.45, 2.75) is 88.1 Å². The summed E-state index contributed by atoms with van der Waals surface area (Å²) in [5, 5.41) is 21.0. The summed E-state index contributed by atoms with van der Waals surface area (Å²) in [6.07, 6.45) is 5.52. The summed E-state index contributed by atoms with van der Waals surface area (Å²) in [6.45, 7) is 6.99. The van der Waals surface area contributed by atoms with Crippen LogP contribution in [0.25, 0.3) is 0 Å². The van der Waals surface area contributed by atoms with E-state index in [0.29, 0.717) is 24.4 Å². The molecule has 0 aromatic heterocycles. The van der Waals surface area contributed by atoms with Crippen molar-refractivity contribution in [1.29, 1.82) is 0 Å². The van der Waals surface area contributed by atoms with Crippen LogP contribution in [0.15, 0.2) is 24.0 Å². The Morgan fingerprint density at radius 2 is 1.91 bits per heavy atom. The Bertz CT molecular complexity index is 1030. The number of aliphatic hydroxyl groups is 2. The van der Waals surface area contributed by atoms with Crippen LogP contribution in [-0.4, -0.2) is 70.9 Å². The number of hydrogen-bond acceptors (Lipinski definition) is 8. The molecule has 1 aromatic carbocycles. The Labute approximate surface area is 206 Å². The lowest BCUT2D eigenvalue weighted by Gasteiger charge is -2.39. The van der Waals surface area contributed by atoms with Gasteiger partial charge in [-0.3, -0.25) is 4.90 Å². The second kappa shape index (κ2) is 8.68. The average Bonchev–Trinajstić information content (AvgIpc) is 3.46. The number of ether oxygens (including phenoxy) is 4. The minimum Gasteiger partial charge on any atom is -0.497 e. The first-order valence-electron chi connectivity index (χ1n) is 12.6. The highest BCUT2D eigenvalue weighted by atomic mass is 16.7. The first kappa shape index (κ1) is 24.4. The van der Waals surface area contributed by atoms with E-state index in [4.69, 9.17) is 18.9 Å². The maximum atomic E-state index is 13.3. The normalized spacial score (nSPS) is 28.9. The molecule has 0 saturated carbocycles. The van der Waals surface area contributed by atoms with Gasteiger partial charge >= 0.3 is 5.97 Å². The lowest BCUT2D eigenvalue weighted by molar-refractivity contribution is -0.171. The number of hydrogen-bond donors (Lipinski definition) is 2. The summed E-state index contributed by atoms with van der Waals surface area (Å²) in [5.41, 5.74) is -0.593. The van der Waals surface area contributed by atoms with E-state index >= 15 is 0 Å². The zero-order chi connectivity index (χ0) is 25.0. The molecule has 8 heteroatoms. The Morgan fingerprint density at radius 1 is 1.17 bits per heavy atom. The zero-order valence-corrected chi connectivity index (χ0v) is 21.1. The van der Waals surface area contributed by atoms with Gasteiger partial charge in [0.15, 0.2) is 23.2 Å². The number of rotatable bonds is 7. The van der Waals surface area contributed by atoms with Gasteiger partial charge in [-0.1, -0.05) is 0 Å². The predicted molar refractivity (Wildman–Crippen MR) is 128 cm³/mol. The third kappa shape index (κ3) is 4.30. The predicted octanol–water partition coefficient (Wildman–Crippen LogP) is 3.04. The molecule has 4 aliphatic rings. The Morgan fingerprint density at radius 3 is 2.63 bits per heavy atom. The van der Waals surface area contributed by atoms with E-state index in [1.807, 2.05) is 6.07 Å². The number of esters is 1. The number of methoxy groups -OCH3 is 1. The molecule has 1 spiro atoms. The molecule has 0 amide bonds. The summed E-state index contributed by atoms with van der Waals surface area (Å²) < 4.78 is 23.3. The summed E-state index contributed by atoms with van der Waals surface area (Å²) >= 11 is 0. The molecule has 1 aromatic rings. The highest BCUT2D eigenvalue weighted by Crippen LogP contribution is 2.55. The summed E-state index contributed by atoms with van der Waals surface area (Å²) in [4.78, 5) is 15.8. The SMILES string of the molecule is COC1=CC23CCCN2CCc2cc4c(cc2[C@@H]3C1OC(=O)[C@@](C)(O)CCCC(C)(C)O)OCO4. The molecule has 8 nitrogen and oxygen atoms in total. The van der Waals surface area contributed by atoms with Gasteiger partial charge < -0.3 is 29.2 Å². The lowest BCUT2D eigenvalue weighted by atomic mass is 9.77. The lowest BCUT2D eigenvalue weighted by Crippen LogP contribution is -2.48. The van der Waals surface area contributed by atoms with Crippen molar-refractivity contribution in [2.24, 2.45) is 0 Å². The second-order valence-electron chi connectivity index (χ2n) is 11.2. The van der Waals surface area contributed by atoms with Crippen molar-refractivity contribution in [3.63, 3.8) is 0 Å². The molecule has 2 unspecified atom stereocenters. The Hall–Kier alpha value is -2.29. The van der Waals surface area contributed by atoms with Crippen molar-refractivity contribution in [3.05, 3.63) is 35.1 Å². The van der Waals surface area contributed by atoms with Crippen LogP contribution in [0.2, 0.25) is 0 Å². The van der Waals surface area contributed by atoms with Crippen molar-refractivity contribution in [2.75, 3.05) is 27.0 Å². The van der Waals surface area contributed by atoms with E-state index < -0.39 is 23.3 Å². The number of nitrogens with zero attached hydrogens (tertiary/aromatic N) is 1. The highest BCUT2D eigenvalue weighted by molar-refractivity contribution is 5.79. The monoisotopic (exact) mass is 487 g/mol. The number of carbonyl (C=O) groups excluding carboxylic acids is 1. The number of fused-ring (bicyclic) bond motifs is 3. The highest BCUT2D eigenvalue weighted by Gasteiger charge is 2.58. The third-order valence-corrected chi connectivity index (χ3v) is 8.09. The van der Waals surface area contributed by atoms with Crippen LogP contribution in [0.5, 0.6) is 11.5 Å². The molecule has 1 aliphatic carbocycles. The molecule has 35 heavy (non-hydrogen) atoms. The smallest absolute Gasteiger partial charge is 0.338 e. The summed E-state index contributed by atoms with van der Waals surface area (Å²) in [6, 6.07) is 4.10. The quantitative estimate of drug-likeness (QED) is 0.567. The fourth-order valence-corrected chi connectivity index (χ4v) is 6.30. The molecule has 3 heterocycles. The van der Waals surface area contributed by atoms with Crippen LogP contribution >= 0.6 is 0 Å². The Balaban J connectivity index is 1.47. The molecule has 0 radical (unpaired) electrons. The molecule has 192 valence electrons. The van der Waals surface area contributed by atoms with Gasteiger partial charge in [0.1, 0.15) is 5.76 Å². The summed E-state index contributed by atoms with van der Waals surface area (Å²) in [5.74, 6) is 1.23. The second-order valence-corrected chi connectivity index (χ2v) is 11.2. The van der Waals surface area contributed by atoms with Crippen molar-refractivity contribution >= 4 is 5.97 Å². The van der Waals surface area contributed by atoms with Crippen LogP contribution in [0.3, 0.4) is 0 Å². The molecule has 4 atom stereocenters. The van der Waals surface area contributed by atoms with E-state index in [0.717, 1.165) is 49.2 Å². The maximum Gasteiger partial charge on any atom is 0.338 e. The molecule has 3 aliphatic heterocycles. The van der Waals surface area contributed by atoms with Gasteiger partial charge in [-0.2, -0.15) is 0 Å². The van der Waals surface area contributed by atoms with Crippen molar-refractivity contribution < 1.29 is 34.0 Å². The van der Waals surface area contributed by atoms with Gasteiger partial charge in [0.05, 0.1) is 24.2 Å². The molecule has 5 rings (SSSR count). The van der Waals surface area contributed by atoms with E-state index in [1.165, 1.54) is 6.92 Å². The van der Waals surface area contributed by atoms with Gasteiger partial charge in [-0.25, -0.2) is 4.79 Å². The van der Waals surface area contributed by atoms with E-state index in [-0.39, 0.29) is 24.7 Å². The Kier molecular flexibility index (Phi) is 6.05. The van der Waals surface area contributed by atoms with Gasteiger partial charge in [0.25, 0.3) is 0 Å². The molecule has 0 bridgehead atoms. The fraction of sp³-hybridized carbons (Fsp3) is 0.667. The minimum absolute atomic E-state index is 0.178. The van der Waals surface area contributed by atoms with E-state index in [2.05, 4.69) is 17.0 Å². The first-order chi connectivity index (χ1) is 16.5. The fourth-order valence-electron chi connectivity index (χ4n) is 6.30. The van der Waals surface area contributed by atoms with Crippen molar-refractivity contribution in [3.8, 4) is 11.5 Å². The van der Waals surface area contributed by atoms with E-state index in [9.17, 15) is 15.0 Å². The first-order valence-corrected chi connectivity index (χ1v) is 12.6. The van der Waals surface area contributed by atoms with Crippen LogP contribution in [-0.2, 0) is 20.7 Å². The molecular weight excluding hydrogens is 450 g/mol. The molecule has 2 N–H and O–H groups in total. The number of benzene rings is 1. The van der Waals surface area contributed by atoms with Crippen molar-refractivity contribution in [1.82, 2.24) is 4.90 Å². The van der Waals surface area contributed by atoms with Crippen LogP contribution < -0.4 is 9.47 Å². The van der Waals surface area contributed by atoms with Crippen LogP contribution in [0, 0.1) is 0 Å².